The van der Waals surface area contributed by atoms with Gasteiger partial charge in [-0.2, -0.15) is 0 Å². The Morgan fingerprint density at radius 1 is 1.29 bits per heavy atom. The smallest absolute Gasteiger partial charge is 0.340 e. The SMILES string of the molecule is CCOC(=O)[C@@H](OC(C)(C)C)c1c(C)cc2cc(C#CC3CC3)ccc2c1O. The van der Waals surface area contributed by atoms with Crippen LogP contribution in [-0.4, -0.2) is 23.3 Å². The van der Waals surface area contributed by atoms with Gasteiger partial charge in [-0.15, -0.1) is 0 Å². The number of aromatic hydroxyl groups is 1. The van der Waals surface area contributed by atoms with Gasteiger partial charge in [0.1, 0.15) is 5.75 Å². The zero-order chi connectivity index (χ0) is 20.5. The zero-order valence-corrected chi connectivity index (χ0v) is 17.3. The molecule has 3 rings (SSSR count). The molecule has 4 heteroatoms. The highest BCUT2D eigenvalue weighted by Gasteiger charge is 2.32. The van der Waals surface area contributed by atoms with E-state index < -0.39 is 17.7 Å². The summed E-state index contributed by atoms with van der Waals surface area (Å²) in [7, 11) is 0. The minimum absolute atomic E-state index is 0.0546. The fourth-order valence-corrected chi connectivity index (χ4v) is 3.16. The third-order valence-corrected chi connectivity index (χ3v) is 4.59. The number of esters is 1. The Labute approximate surface area is 166 Å². The Hall–Kier alpha value is -2.51. The first-order valence-electron chi connectivity index (χ1n) is 9.82. The fourth-order valence-electron chi connectivity index (χ4n) is 3.16. The molecule has 0 amide bonds. The number of phenolic OH excluding ortho intramolecular Hbond substituents is 1. The van der Waals surface area contributed by atoms with Crippen LogP contribution < -0.4 is 0 Å². The Morgan fingerprint density at radius 3 is 2.61 bits per heavy atom. The van der Waals surface area contributed by atoms with Crippen molar-refractivity contribution >= 4 is 16.7 Å². The number of carbonyl (C=O) groups is 1. The first kappa shape index (κ1) is 20.2. The van der Waals surface area contributed by atoms with Crippen molar-refractivity contribution in [3.8, 4) is 17.6 Å². The first-order chi connectivity index (χ1) is 13.2. The number of phenols is 1. The molecule has 1 aliphatic rings. The maximum Gasteiger partial charge on any atom is 0.340 e. The number of hydrogen-bond acceptors (Lipinski definition) is 4. The molecule has 0 aromatic heterocycles. The van der Waals surface area contributed by atoms with Gasteiger partial charge in [0.05, 0.1) is 12.2 Å². The number of ether oxygens (including phenoxy) is 2. The lowest BCUT2D eigenvalue weighted by atomic mass is 9.95. The summed E-state index contributed by atoms with van der Waals surface area (Å²) in [5, 5.41) is 12.6. The van der Waals surface area contributed by atoms with Crippen LogP contribution in [0.25, 0.3) is 10.8 Å². The third-order valence-electron chi connectivity index (χ3n) is 4.59. The lowest BCUT2D eigenvalue weighted by molar-refractivity contribution is -0.167. The number of fused-ring (bicyclic) bond motifs is 1. The van der Waals surface area contributed by atoms with E-state index in [2.05, 4.69) is 11.8 Å². The van der Waals surface area contributed by atoms with Crippen molar-refractivity contribution in [2.45, 2.75) is 59.2 Å². The Balaban J connectivity index is 2.07. The van der Waals surface area contributed by atoms with Crippen LogP contribution in [0.3, 0.4) is 0 Å². The molecule has 4 nitrogen and oxygen atoms in total. The normalized spacial score (nSPS) is 15.0. The second kappa shape index (κ2) is 7.85. The van der Waals surface area contributed by atoms with Crippen LogP contribution in [-0.2, 0) is 14.3 Å². The summed E-state index contributed by atoms with van der Waals surface area (Å²) >= 11 is 0. The van der Waals surface area contributed by atoms with Crippen molar-refractivity contribution in [2.75, 3.05) is 6.61 Å². The minimum Gasteiger partial charge on any atom is -0.507 e. The molecule has 0 aliphatic heterocycles. The van der Waals surface area contributed by atoms with Crippen LogP contribution in [0.15, 0.2) is 24.3 Å². The number of rotatable bonds is 4. The van der Waals surface area contributed by atoms with Crippen LogP contribution in [0, 0.1) is 24.7 Å². The number of benzene rings is 2. The van der Waals surface area contributed by atoms with E-state index in [4.69, 9.17) is 9.47 Å². The van der Waals surface area contributed by atoms with Crippen molar-refractivity contribution < 1.29 is 19.4 Å². The van der Waals surface area contributed by atoms with Crippen LogP contribution in [0.4, 0.5) is 0 Å². The lowest BCUT2D eigenvalue weighted by Gasteiger charge is -2.28. The summed E-state index contributed by atoms with van der Waals surface area (Å²) < 4.78 is 11.2. The average Bonchev–Trinajstić information content (AvgIpc) is 3.42. The quantitative estimate of drug-likeness (QED) is 0.597. The second-order valence-electron chi connectivity index (χ2n) is 8.30. The highest BCUT2D eigenvalue weighted by molar-refractivity contribution is 5.93. The van der Waals surface area contributed by atoms with Gasteiger partial charge in [-0.1, -0.05) is 17.9 Å². The molecule has 0 bridgehead atoms. The highest BCUT2D eigenvalue weighted by Crippen LogP contribution is 2.39. The fraction of sp³-hybridized carbons (Fsp3) is 0.458. The van der Waals surface area contributed by atoms with E-state index in [1.807, 2.05) is 52.0 Å². The summed E-state index contributed by atoms with van der Waals surface area (Å²) in [5.74, 6) is 6.56. The van der Waals surface area contributed by atoms with Crippen molar-refractivity contribution in [3.63, 3.8) is 0 Å². The van der Waals surface area contributed by atoms with Gasteiger partial charge >= 0.3 is 5.97 Å². The topological polar surface area (TPSA) is 55.8 Å². The first-order valence-corrected chi connectivity index (χ1v) is 9.82. The minimum atomic E-state index is -0.987. The van der Waals surface area contributed by atoms with Crippen LogP contribution in [0.5, 0.6) is 5.75 Å². The van der Waals surface area contributed by atoms with Crippen LogP contribution in [0.1, 0.15) is 63.3 Å². The van der Waals surface area contributed by atoms with Crippen molar-refractivity contribution in [2.24, 2.45) is 5.92 Å². The summed E-state index contributed by atoms with van der Waals surface area (Å²) in [6.45, 7) is 9.49. The molecular formula is C24H28O4. The van der Waals surface area contributed by atoms with E-state index >= 15 is 0 Å². The molecule has 28 heavy (non-hydrogen) atoms. The van der Waals surface area contributed by atoms with E-state index in [1.165, 1.54) is 12.8 Å². The molecule has 1 fully saturated rings. The van der Waals surface area contributed by atoms with Crippen molar-refractivity contribution in [1.29, 1.82) is 0 Å². The van der Waals surface area contributed by atoms with E-state index in [0.29, 0.717) is 16.9 Å². The van der Waals surface area contributed by atoms with Crippen LogP contribution in [0.2, 0.25) is 0 Å². The van der Waals surface area contributed by atoms with E-state index in [1.54, 1.807) is 6.92 Å². The monoisotopic (exact) mass is 380 g/mol. The van der Waals surface area contributed by atoms with Gasteiger partial charge in [0.2, 0.25) is 0 Å². The van der Waals surface area contributed by atoms with Gasteiger partial charge in [-0.05, 0) is 76.6 Å². The standard InChI is InChI=1S/C24H28O4/c1-6-27-23(26)22(28-24(3,4)5)20-15(2)13-18-14-17(10-9-16-7-8-16)11-12-19(18)21(20)25/h11-14,16,22,25H,6-8H2,1-5H3/t22-/m0/s1. The number of aryl methyl sites for hydroxylation is 1. The number of hydrogen-bond donors (Lipinski definition) is 1. The summed E-state index contributed by atoms with van der Waals surface area (Å²) in [4.78, 5) is 12.6. The molecule has 0 spiro atoms. The maximum atomic E-state index is 12.6. The molecule has 1 atom stereocenters. The van der Waals surface area contributed by atoms with Gasteiger partial charge in [-0.3, -0.25) is 0 Å². The molecule has 0 unspecified atom stereocenters. The van der Waals surface area contributed by atoms with E-state index in [-0.39, 0.29) is 12.4 Å². The molecule has 1 aliphatic carbocycles. The predicted molar refractivity (Wildman–Crippen MR) is 110 cm³/mol. The lowest BCUT2D eigenvalue weighted by Crippen LogP contribution is -2.29. The molecule has 148 valence electrons. The molecule has 0 saturated heterocycles. The molecular weight excluding hydrogens is 352 g/mol. The maximum absolute atomic E-state index is 12.6. The van der Waals surface area contributed by atoms with Gasteiger partial charge in [0.15, 0.2) is 6.10 Å². The Bertz CT molecular complexity index is 952. The molecule has 1 saturated carbocycles. The summed E-state index contributed by atoms with van der Waals surface area (Å²) in [5.41, 5.74) is 1.59. The highest BCUT2D eigenvalue weighted by atomic mass is 16.6. The van der Waals surface area contributed by atoms with E-state index in [9.17, 15) is 9.90 Å². The van der Waals surface area contributed by atoms with Gasteiger partial charge in [-0.25, -0.2) is 4.79 Å². The molecule has 0 radical (unpaired) electrons. The molecule has 1 N–H and O–H groups in total. The number of carbonyl (C=O) groups excluding carboxylic acids is 1. The Morgan fingerprint density at radius 2 is 2.00 bits per heavy atom. The predicted octanol–water partition coefficient (Wildman–Crippen LogP) is 5.03. The van der Waals surface area contributed by atoms with Crippen molar-refractivity contribution in [1.82, 2.24) is 0 Å². The summed E-state index contributed by atoms with van der Waals surface area (Å²) in [6.07, 6.45) is 1.39. The Kier molecular flexibility index (Phi) is 5.67. The largest absolute Gasteiger partial charge is 0.507 e. The third kappa shape index (κ3) is 4.66. The van der Waals surface area contributed by atoms with Gasteiger partial charge in [0, 0.05) is 22.4 Å². The van der Waals surface area contributed by atoms with Gasteiger partial charge < -0.3 is 14.6 Å². The van der Waals surface area contributed by atoms with Crippen molar-refractivity contribution in [3.05, 3.63) is 41.0 Å². The molecule has 2 aromatic carbocycles. The molecule has 0 heterocycles. The zero-order valence-electron chi connectivity index (χ0n) is 17.3. The van der Waals surface area contributed by atoms with Gasteiger partial charge in [0.25, 0.3) is 0 Å². The summed E-state index contributed by atoms with van der Waals surface area (Å²) in [6, 6.07) is 7.69. The second-order valence-corrected chi connectivity index (χ2v) is 8.30. The van der Waals surface area contributed by atoms with Crippen LogP contribution >= 0.6 is 0 Å². The average molecular weight is 380 g/mol. The molecule has 2 aromatic rings. The van der Waals surface area contributed by atoms with E-state index in [0.717, 1.165) is 16.5 Å².